The smallest absolute Gasteiger partial charge is 0.143 e. The molecule has 18 aromatic rings. The van der Waals surface area contributed by atoms with Crippen LogP contribution in [-0.4, -0.2) is 0 Å². The zero-order chi connectivity index (χ0) is 60.6. The van der Waals surface area contributed by atoms with Gasteiger partial charge in [-0.15, -0.1) is 0 Å². The van der Waals surface area contributed by atoms with Crippen LogP contribution in [0.15, 0.2) is 349 Å². The molecule has 0 fully saturated rings. The van der Waals surface area contributed by atoms with E-state index in [0.717, 1.165) is 100 Å². The molecule has 0 amide bonds. The summed E-state index contributed by atoms with van der Waals surface area (Å²) in [6.45, 7) is 0. The van der Waals surface area contributed by atoms with Gasteiger partial charge in [0.25, 0.3) is 0 Å². The molecule has 0 aliphatic heterocycles. The van der Waals surface area contributed by atoms with Crippen molar-refractivity contribution >= 4 is 75.8 Å². The Hall–Kier alpha value is -12.1. The first-order valence-corrected chi connectivity index (χ1v) is 31.6. The van der Waals surface area contributed by atoms with Gasteiger partial charge >= 0.3 is 0 Å². The lowest BCUT2D eigenvalue weighted by molar-refractivity contribution is 0.632. The molecule has 0 unspecified atom stereocenters. The van der Waals surface area contributed by atoms with Crippen LogP contribution in [0.2, 0.25) is 0 Å². The van der Waals surface area contributed by atoms with Crippen molar-refractivity contribution in [2.75, 3.05) is 0 Å². The molecule has 0 radical (unpaired) electrons. The van der Waals surface area contributed by atoms with Crippen molar-refractivity contribution in [1.82, 2.24) is 0 Å². The Labute approximate surface area is 532 Å². The molecule has 0 bridgehead atoms. The van der Waals surface area contributed by atoms with Crippen molar-refractivity contribution in [2.24, 2.45) is 0 Å². The maximum atomic E-state index is 7.08. The SMILES string of the molecule is c1ccc(-c2ccc3c(-c4c5ccccc5c(-c5ccc(-c6ccc7ccccc7c6-c6cccc(-c7c8ccccc8c(-c8c(-c9ccccc9)oc9cc(-c%10ccccc%10)ccc89)c8ccccc78)c6)cc5)c5ccccc45)c(-c4ccccc4)oc3c2)cc1. The molecular formula is C90H56O2. The Morgan fingerprint density at radius 3 is 0.913 bits per heavy atom. The summed E-state index contributed by atoms with van der Waals surface area (Å²) in [6.07, 6.45) is 0. The summed E-state index contributed by atoms with van der Waals surface area (Å²) in [5.41, 5.74) is 22.3. The van der Waals surface area contributed by atoms with Gasteiger partial charge < -0.3 is 8.83 Å². The molecule has 2 heterocycles. The number of hydrogen-bond donors (Lipinski definition) is 0. The van der Waals surface area contributed by atoms with E-state index in [4.69, 9.17) is 8.83 Å². The van der Waals surface area contributed by atoms with Gasteiger partial charge in [0, 0.05) is 44.2 Å². The standard InChI is InChI=1S/C90H56O2/c1-5-24-57(25-6-1)64-49-52-78-80(55-64)91-89(62-29-9-3-10-30-62)87(78)85-74-40-19-15-36-70(74)82(71-37-16-20-41-75(71)85)61-46-44-60(45-47-61)69-51-48-59-28-13-14-35-68(59)83(69)66-33-23-34-67(54-66)84-72-38-17-21-42-76(72)86(77-43-22-18-39-73(77)84)88-79-53-50-65(58-26-7-2-8-27-58)56-81(79)92-90(88)63-31-11-4-12-32-63/h1-56H. The van der Waals surface area contributed by atoms with Crippen molar-refractivity contribution in [2.45, 2.75) is 0 Å². The van der Waals surface area contributed by atoms with Crippen LogP contribution < -0.4 is 0 Å². The van der Waals surface area contributed by atoms with Crippen molar-refractivity contribution in [3.63, 3.8) is 0 Å². The molecule has 0 N–H and O–H groups in total. The molecule has 2 nitrogen and oxygen atoms in total. The summed E-state index contributed by atoms with van der Waals surface area (Å²) in [6, 6.07) is 124. The second-order valence-corrected chi connectivity index (χ2v) is 24.0. The summed E-state index contributed by atoms with van der Waals surface area (Å²) < 4.78 is 14.1. The van der Waals surface area contributed by atoms with E-state index < -0.39 is 0 Å². The third-order valence-corrected chi connectivity index (χ3v) is 18.9. The Kier molecular flexibility index (Phi) is 12.6. The van der Waals surface area contributed by atoms with Gasteiger partial charge in [0.2, 0.25) is 0 Å². The fourth-order valence-electron chi connectivity index (χ4n) is 14.8. The highest BCUT2D eigenvalue weighted by Gasteiger charge is 2.27. The van der Waals surface area contributed by atoms with Crippen LogP contribution in [0, 0.1) is 0 Å². The molecule has 0 aliphatic rings. The van der Waals surface area contributed by atoms with Crippen molar-refractivity contribution in [3.05, 3.63) is 340 Å². The zero-order valence-corrected chi connectivity index (χ0v) is 50.1. The van der Waals surface area contributed by atoms with Crippen LogP contribution >= 0.6 is 0 Å². The minimum atomic E-state index is 0.859. The summed E-state index contributed by atoms with van der Waals surface area (Å²) in [4.78, 5) is 0. The van der Waals surface area contributed by atoms with E-state index in [1.807, 2.05) is 0 Å². The van der Waals surface area contributed by atoms with E-state index in [0.29, 0.717) is 0 Å². The first kappa shape index (κ1) is 53.0. The summed E-state index contributed by atoms with van der Waals surface area (Å²) >= 11 is 0. The van der Waals surface area contributed by atoms with Crippen LogP contribution in [-0.2, 0) is 0 Å². The van der Waals surface area contributed by atoms with E-state index in [1.54, 1.807) is 0 Å². The summed E-state index contributed by atoms with van der Waals surface area (Å²) in [5, 5.41) is 14.0. The normalized spacial score (nSPS) is 11.7. The van der Waals surface area contributed by atoms with E-state index in [1.165, 1.54) is 87.2 Å². The molecule has 0 spiro atoms. The number of fused-ring (bicyclic) bond motifs is 7. The van der Waals surface area contributed by atoms with Crippen LogP contribution in [0.1, 0.15) is 0 Å². The maximum absolute atomic E-state index is 7.08. The van der Waals surface area contributed by atoms with Crippen molar-refractivity contribution in [3.8, 4) is 112 Å². The molecule has 16 aromatic carbocycles. The van der Waals surface area contributed by atoms with Gasteiger partial charge in [0.05, 0.1) is 0 Å². The van der Waals surface area contributed by atoms with Crippen LogP contribution in [0.4, 0.5) is 0 Å². The Morgan fingerprint density at radius 1 is 0.152 bits per heavy atom. The first-order valence-electron chi connectivity index (χ1n) is 31.6. The molecule has 0 aliphatic carbocycles. The average Bonchev–Trinajstić information content (AvgIpc) is 1.31. The van der Waals surface area contributed by atoms with Crippen molar-refractivity contribution in [1.29, 1.82) is 0 Å². The Balaban J connectivity index is 0.783. The van der Waals surface area contributed by atoms with Gasteiger partial charge in [-0.1, -0.05) is 309 Å². The fraction of sp³-hybridized carbons (Fsp3) is 0. The quantitative estimate of drug-likeness (QED) is 0.128. The third kappa shape index (κ3) is 8.72. The predicted octanol–water partition coefficient (Wildman–Crippen LogP) is 25.6. The van der Waals surface area contributed by atoms with Crippen LogP contribution in [0.5, 0.6) is 0 Å². The molecular weight excluding hydrogens is 1110 g/mol. The fourth-order valence-corrected chi connectivity index (χ4v) is 14.8. The van der Waals surface area contributed by atoms with Gasteiger partial charge in [-0.2, -0.15) is 0 Å². The van der Waals surface area contributed by atoms with Gasteiger partial charge in [-0.3, -0.25) is 0 Å². The van der Waals surface area contributed by atoms with Crippen molar-refractivity contribution < 1.29 is 8.83 Å². The molecule has 18 rings (SSSR count). The highest BCUT2D eigenvalue weighted by Crippen LogP contribution is 2.53. The Bertz CT molecular complexity index is 5780. The van der Waals surface area contributed by atoms with Gasteiger partial charge in [-0.25, -0.2) is 0 Å². The lowest BCUT2D eigenvalue weighted by Gasteiger charge is -2.20. The molecule has 0 atom stereocenters. The topological polar surface area (TPSA) is 26.3 Å². The lowest BCUT2D eigenvalue weighted by atomic mass is 9.83. The van der Waals surface area contributed by atoms with Gasteiger partial charge in [0.1, 0.15) is 22.7 Å². The molecule has 2 aromatic heterocycles. The monoisotopic (exact) mass is 1170 g/mol. The second kappa shape index (κ2) is 21.9. The number of furan rings is 2. The third-order valence-electron chi connectivity index (χ3n) is 18.9. The molecule has 428 valence electrons. The molecule has 2 heteroatoms. The number of benzene rings is 16. The van der Waals surface area contributed by atoms with E-state index in [2.05, 4.69) is 340 Å². The average molecular weight is 1170 g/mol. The molecule has 92 heavy (non-hydrogen) atoms. The zero-order valence-electron chi connectivity index (χ0n) is 50.1. The highest BCUT2D eigenvalue weighted by molar-refractivity contribution is 6.27. The van der Waals surface area contributed by atoms with Crippen LogP contribution in [0.25, 0.3) is 187 Å². The maximum Gasteiger partial charge on any atom is 0.143 e. The van der Waals surface area contributed by atoms with E-state index in [9.17, 15) is 0 Å². The molecule has 0 saturated heterocycles. The van der Waals surface area contributed by atoms with Crippen LogP contribution in [0.3, 0.4) is 0 Å². The highest BCUT2D eigenvalue weighted by atomic mass is 16.3. The molecule has 0 saturated carbocycles. The lowest BCUT2D eigenvalue weighted by Crippen LogP contribution is -1.93. The first-order chi connectivity index (χ1) is 45.7. The largest absolute Gasteiger partial charge is 0.455 e. The van der Waals surface area contributed by atoms with E-state index in [-0.39, 0.29) is 0 Å². The van der Waals surface area contributed by atoms with E-state index >= 15 is 0 Å². The minimum absolute atomic E-state index is 0.859. The number of hydrogen-bond acceptors (Lipinski definition) is 2. The minimum Gasteiger partial charge on any atom is -0.455 e. The predicted molar refractivity (Wildman–Crippen MR) is 388 cm³/mol. The second-order valence-electron chi connectivity index (χ2n) is 24.0. The van der Waals surface area contributed by atoms with Gasteiger partial charge in [-0.05, 0) is 151 Å². The number of rotatable bonds is 10. The van der Waals surface area contributed by atoms with Gasteiger partial charge in [0.15, 0.2) is 0 Å². The summed E-state index contributed by atoms with van der Waals surface area (Å²) in [5.74, 6) is 1.73. The Morgan fingerprint density at radius 2 is 0.478 bits per heavy atom. The summed E-state index contributed by atoms with van der Waals surface area (Å²) in [7, 11) is 0.